The first-order valence-electron chi connectivity index (χ1n) is 11.0. The Bertz CT molecular complexity index is 1370. The van der Waals surface area contributed by atoms with Crippen molar-refractivity contribution >= 4 is 22.7 Å². The molecule has 0 fully saturated rings. The van der Waals surface area contributed by atoms with Crippen molar-refractivity contribution in [2.24, 2.45) is 0 Å². The maximum absolute atomic E-state index is 13.4. The summed E-state index contributed by atoms with van der Waals surface area (Å²) >= 11 is 0. The number of nitrogens with zero attached hydrogens (tertiary/aromatic N) is 1. The van der Waals surface area contributed by atoms with Crippen LogP contribution in [0.15, 0.2) is 72.8 Å². The fraction of sp³-hybridized carbons (Fsp3) is 0.185. The number of nitrogens with one attached hydrogen (secondary N) is 2. The summed E-state index contributed by atoms with van der Waals surface area (Å²) in [7, 11) is 0. The van der Waals surface area contributed by atoms with Crippen LogP contribution in [-0.4, -0.2) is 27.7 Å². The summed E-state index contributed by atoms with van der Waals surface area (Å²) < 4.78 is 0. The summed E-state index contributed by atoms with van der Waals surface area (Å²) in [6.07, 6.45) is 0.495. The van der Waals surface area contributed by atoms with Crippen LogP contribution in [0.2, 0.25) is 0 Å². The zero-order valence-corrected chi connectivity index (χ0v) is 17.8. The molecule has 0 saturated heterocycles. The average Bonchev–Trinajstić information content (AvgIpc) is 3.34. The van der Waals surface area contributed by atoms with Crippen LogP contribution in [0.5, 0.6) is 0 Å². The Morgan fingerprint density at radius 2 is 1.78 bits per heavy atom. The number of H-pyrrole nitrogens is 1. The van der Waals surface area contributed by atoms with E-state index in [1.165, 1.54) is 5.56 Å². The quantitative estimate of drug-likeness (QED) is 0.519. The van der Waals surface area contributed by atoms with Gasteiger partial charge in [-0.25, -0.2) is 0 Å². The minimum Gasteiger partial charge on any atom is -0.356 e. The van der Waals surface area contributed by atoms with E-state index in [1.807, 2.05) is 73.7 Å². The second kappa shape index (κ2) is 7.09. The van der Waals surface area contributed by atoms with Gasteiger partial charge in [-0.2, -0.15) is 0 Å². The topological polar surface area (TPSA) is 65.2 Å². The van der Waals surface area contributed by atoms with Gasteiger partial charge in [0.25, 0.3) is 5.91 Å². The third kappa shape index (κ3) is 2.78. The number of hydrogen-bond acceptors (Lipinski definition) is 2. The zero-order chi connectivity index (χ0) is 21.8. The second-order valence-corrected chi connectivity index (χ2v) is 8.69. The van der Waals surface area contributed by atoms with Gasteiger partial charge in [0.2, 0.25) is 5.91 Å². The van der Waals surface area contributed by atoms with Crippen molar-refractivity contribution in [3.05, 3.63) is 106 Å². The second-order valence-electron chi connectivity index (χ2n) is 8.69. The molecule has 3 aromatic carbocycles. The molecule has 0 spiro atoms. The van der Waals surface area contributed by atoms with Crippen molar-refractivity contribution in [1.29, 1.82) is 0 Å². The van der Waals surface area contributed by atoms with E-state index in [9.17, 15) is 9.59 Å². The van der Waals surface area contributed by atoms with Crippen LogP contribution < -0.4 is 5.32 Å². The first-order valence-corrected chi connectivity index (χ1v) is 11.0. The van der Waals surface area contributed by atoms with Crippen LogP contribution in [0.3, 0.4) is 0 Å². The molecule has 0 bridgehead atoms. The van der Waals surface area contributed by atoms with Crippen molar-refractivity contribution in [2.45, 2.75) is 32.0 Å². The highest BCUT2D eigenvalue weighted by atomic mass is 16.2. The van der Waals surface area contributed by atoms with Crippen molar-refractivity contribution in [1.82, 2.24) is 15.2 Å². The molecule has 3 heterocycles. The van der Waals surface area contributed by atoms with Crippen molar-refractivity contribution in [3.63, 3.8) is 0 Å². The standard InChI is InChI=1S/C27H23N3O2/c1-16-10-12-17(13-11-16)15-28-26(31)23-14-21-18-6-4-5-9-22(18)29-24(21)25-19-7-2-3-8-20(19)27(32)30(23)25/h2-13,23,25,29H,14-15H2,1H3,(H,28,31)/t23-,25+/m0/s1. The molecule has 0 unspecified atom stereocenters. The molecule has 32 heavy (non-hydrogen) atoms. The number of aromatic amines is 1. The van der Waals surface area contributed by atoms with E-state index in [2.05, 4.69) is 16.4 Å². The minimum atomic E-state index is -0.558. The van der Waals surface area contributed by atoms with Crippen molar-refractivity contribution < 1.29 is 9.59 Å². The van der Waals surface area contributed by atoms with Gasteiger partial charge in [0.15, 0.2) is 0 Å². The van der Waals surface area contributed by atoms with Crippen LogP contribution >= 0.6 is 0 Å². The third-order valence-electron chi connectivity index (χ3n) is 6.74. The molecule has 5 nitrogen and oxygen atoms in total. The van der Waals surface area contributed by atoms with E-state index in [0.29, 0.717) is 18.5 Å². The first-order chi connectivity index (χ1) is 15.6. The number of rotatable bonds is 3. The summed E-state index contributed by atoms with van der Waals surface area (Å²) in [5.41, 5.74) is 7.05. The number of amides is 2. The molecule has 4 aromatic rings. The lowest BCUT2D eigenvalue weighted by atomic mass is 9.90. The van der Waals surface area contributed by atoms with E-state index in [0.717, 1.165) is 33.3 Å². The third-order valence-corrected chi connectivity index (χ3v) is 6.74. The zero-order valence-electron chi connectivity index (χ0n) is 17.8. The highest BCUT2D eigenvalue weighted by Gasteiger charge is 2.48. The van der Waals surface area contributed by atoms with Gasteiger partial charge in [-0.1, -0.05) is 66.2 Å². The Balaban J connectivity index is 1.41. The lowest BCUT2D eigenvalue weighted by Gasteiger charge is -2.37. The van der Waals surface area contributed by atoms with Crippen molar-refractivity contribution in [2.75, 3.05) is 0 Å². The molecule has 2 atom stereocenters. The highest BCUT2D eigenvalue weighted by molar-refractivity contribution is 6.03. The lowest BCUT2D eigenvalue weighted by molar-refractivity contribution is -0.126. The molecular weight excluding hydrogens is 398 g/mol. The molecular formula is C27H23N3O2. The van der Waals surface area contributed by atoms with Gasteiger partial charge in [0.05, 0.1) is 6.04 Å². The number of hydrogen-bond donors (Lipinski definition) is 2. The Morgan fingerprint density at radius 3 is 2.62 bits per heavy atom. The monoisotopic (exact) mass is 421 g/mol. The molecule has 2 aliphatic rings. The summed E-state index contributed by atoms with van der Waals surface area (Å²) in [4.78, 5) is 32.2. The molecule has 1 aromatic heterocycles. The average molecular weight is 422 g/mol. The number of benzene rings is 3. The van der Waals surface area contributed by atoms with Gasteiger partial charge >= 0.3 is 0 Å². The molecule has 2 N–H and O–H groups in total. The molecule has 0 saturated carbocycles. The molecule has 0 aliphatic carbocycles. The van der Waals surface area contributed by atoms with E-state index < -0.39 is 6.04 Å². The van der Waals surface area contributed by atoms with Crippen LogP contribution in [0.1, 0.15) is 44.3 Å². The largest absolute Gasteiger partial charge is 0.356 e. The summed E-state index contributed by atoms with van der Waals surface area (Å²) in [6.45, 7) is 2.48. The van der Waals surface area contributed by atoms with E-state index in [1.54, 1.807) is 4.90 Å². The minimum absolute atomic E-state index is 0.0783. The molecule has 2 aliphatic heterocycles. The van der Waals surface area contributed by atoms with Gasteiger partial charge in [-0.15, -0.1) is 0 Å². The lowest BCUT2D eigenvalue weighted by Crippen LogP contribution is -2.52. The maximum Gasteiger partial charge on any atom is 0.255 e. The SMILES string of the molecule is Cc1ccc(CNC(=O)[C@@H]2Cc3c([nH]c4ccccc34)[C@H]3c4ccccc4C(=O)N32)cc1. The van der Waals surface area contributed by atoms with Gasteiger partial charge in [0.1, 0.15) is 6.04 Å². The van der Waals surface area contributed by atoms with Crippen LogP contribution in [0.25, 0.3) is 10.9 Å². The Labute approximate surface area is 186 Å². The predicted octanol–water partition coefficient (Wildman–Crippen LogP) is 4.26. The van der Waals surface area contributed by atoms with Gasteiger partial charge in [0, 0.05) is 35.1 Å². The fourth-order valence-corrected chi connectivity index (χ4v) is 5.15. The number of para-hydroxylation sites is 1. The fourth-order valence-electron chi connectivity index (χ4n) is 5.15. The maximum atomic E-state index is 13.4. The Kier molecular flexibility index (Phi) is 4.18. The van der Waals surface area contributed by atoms with E-state index >= 15 is 0 Å². The predicted molar refractivity (Wildman–Crippen MR) is 123 cm³/mol. The van der Waals surface area contributed by atoms with E-state index in [-0.39, 0.29) is 17.9 Å². The Morgan fingerprint density at radius 1 is 1.03 bits per heavy atom. The normalized spacial score (nSPS) is 18.9. The molecule has 5 heteroatoms. The number of carbonyl (C=O) groups is 2. The smallest absolute Gasteiger partial charge is 0.255 e. The number of aromatic nitrogens is 1. The van der Waals surface area contributed by atoms with Crippen LogP contribution in [-0.2, 0) is 17.8 Å². The molecule has 0 radical (unpaired) electrons. The molecule has 6 rings (SSSR count). The summed E-state index contributed by atoms with van der Waals surface area (Å²) in [6, 6.07) is 23.1. The van der Waals surface area contributed by atoms with E-state index in [4.69, 9.17) is 0 Å². The number of carbonyl (C=O) groups excluding carboxylic acids is 2. The highest BCUT2D eigenvalue weighted by Crippen LogP contribution is 2.46. The molecule has 2 amide bonds. The van der Waals surface area contributed by atoms with Crippen LogP contribution in [0, 0.1) is 6.92 Å². The Hall–Kier alpha value is -3.86. The summed E-state index contributed by atoms with van der Waals surface area (Å²) in [5, 5.41) is 4.20. The van der Waals surface area contributed by atoms with Gasteiger partial charge in [-0.05, 0) is 35.7 Å². The van der Waals surface area contributed by atoms with Crippen LogP contribution in [0.4, 0.5) is 0 Å². The molecule has 158 valence electrons. The summed E-state index contributed by atoms with van der Waals surface area (Å²) in [5.74, 6) is -0.196. The number of fused-ring (bicyclic) bond motifs is 7. The number of aryl methyl sites for hydroxylation is 1. The van der Waals surface area contributed by atoms with Gasteiger partial charge in [-0.3, -0.25) is 9.59 Å². The first kappa shape index (κ1) is 18.9. The van der Waals surface area contributed by atoms with Crippen molar-refractivity contribution in [3.8, 4) is 0 Å². The van der Waals surface area contributed by atoms with Gasteiger partial charge < -0.3 is 15.2 Å².